The Labute approximate surface area is 366 Å². The lowest BCUT2D eigenvalue weighted by atomic mass is 9.99. The molecule has 0 unspecified atom stereocenters. The van der Waals surface area contributed by atoms with E-state index in [9.17, 15) is 24.0 Å². The molecule has 4 aromatic rings. The molecule has 3 aromatic carbocycles. The quantitative estimate of drug-likeness (QED) is 0.0746. The van der Waals surface area contributed by atoms with E-state index in [0.29, 0.717) is 70.3 Å². The number of fused-ring (bicyclic) bond motifs is 1. The number of likely N-dealkylation sites (tertiary alicyclic amines) is 1. The van der Waals surface area contributed by atoms with Gasteiger partial charge in [0.25, 0.3) is 5.91 Å². The zero-order valence-corrected chi connectivity index (χ0v) is 36.4. The summed E-state index contributed by atoms with van der Waals surface area (Å²) in [5.74, 6) is -1.77. The fourth-order valence-corrected chi connectivity index (χ4v) is 7.53. The maximum atomic E-state index is 14.1. The Hall–Kier alpha value is -4.95. The molecule has 1 aromatic heterocycles. The Balaban J connectivity index is 0.00000480. The van der Waals surface area contributed by atoms with Gasteiger partial charge in [-0.15, -0.1) is 24.8 Å². The summed E-state index contributed by atoms with van der Waals surface area (Å²) < 4.78 is 0. The van der Waals surface area contributed by atoms with Crippen LogP contribution in [0.1, 0.15) is 74.0 Å². The van der Waals surface area contributed by atoms with E-state index in [2.05, 4.69) is 20.9 Å². The number of aromatic amines is 1. The summed E-state index contributed by atoms with van der Waals surface area (Å²) in [6.45, 7) is 5.21. The van der Waals surface area contributed by atoms with Gasteiger partial charge in [-0.05, 0) is 80.7 Å². The highest BCUT2D eigenvalue weighted by atomic mass is 35.5. The highest BCUT2D eigenvalue weighted by molar-refractivity contribution is 5.98. The summed E-state index contributed by atoms with van der Waals surface area (Å²) in [7, 11) is 1.80. The molecule has 2 heterocycles. The molecule has 326 valence electrons. The zero-order chi connectivity index (χ0) is 41.6. The number of rotatable bonds is 19. The van der Waals surface area contributed by atoms with Gasteiger partial charge in [-0.3, -0.25) is 24.0 Å². The number of carbonyl (C=O) groups excluding carboxylic acids is 5. The Morgan fingerprint density at radius 1 is 0.750 bits per heavy atom. The van der Waals surface area contributed by atoms with E-state index in [1.165, 1.54) is 0 Å². The molecule has 1 aliphatic heterocycles. The summed E-state index contributed by atoms with van der Waals surface area (Å²) in [6, 6.07) is 24.6. The second-order valence-electron chi connectivity index (χ2n) is 15.8. The number of nitrogens with zero attached hydrogens (tertiary/aromatic N) is 2. The third-order valence-electron chi connectivity index (χ3n) is 10.9. The minimum absolute atomic E-state index is 0. The van der Waals surface area contributed by atoms with Crippen molar-refractivity contribution in [3.63, 3.8) is 0 Å². The lowest BCUT2D eigenvalue weighted by Crippen LogP contribution is -2.59. The minimum Gasteiger partial charge on any atom is -0.351 e. The number of halogens is 2. The summed E-state index contributed by atoms with van der Waals surface area (Å²) in [5, 5.41) is 9.71. The van der Waals surface area contributed by atoms with Gasteiger partial charge in [-0.25, -0.2) is 0 Å². The number of para-hydroxylation sites is 1. The Morgan fingerprint density at radius 3 is 1.90 bits per heavy atom. The first-order valence-electron chi connectivity index (χ1n) is 20.5. The maximum absolute atomic E-state index is 14.1. The number of piperidine rings is 1. The summed E-state index contributed by atoms with van der Waals surface area (Å²) >= 11 is 0. The van der Waals surface area contributed by atoms with Crippen LogP contribution < -0.4 is 27.4 Å². The molecule has 0 radical (unpaired) electrons. The highest BCUT2D eigenvalue weighted by Gasteiger charge is 2.35. The number of nitrogens with one attached hydrogen (secondary N) is 4. The van der Waals surface area contributed by atoms with Crippen molar-refractivity contribution in [2.75, 3.05) is 26.7 Å². The van der Waals surface area contributed by atoms with Crippen LogP contribution in [0.15, 0.2) is 91.0 Å². The Bertz CT molecular complexity index is 1940. The molecule has 1 aliphatic rings. The van der Waals surface area contributed by atoms with Crippen LogP contribution in [0.5, 0.6) is 0 Å². The van der Waals surface area contributed by atoms with Gasteiger partial charge in [0.1, 0.15) is 23.8 Å². The number of unbranched alkanes of at least 4 members (excludes halogenated alkanes) is 1. The molecule has 0 spiro atoms. The number of hydrogen-bond acceptors (Lipinski definition) is 7. The second kappa shape index (κ2) is 24.3. The normalized spacial score (nSPS) is 14.8. The first kappa shape index (κ1) is 49.4. The molecule has 60 heavy (non-hydrogen) atoms. The third-order valence-corrected chi connectivity index (χ3v) is 10.9. The molecule has 0 bridgehead atoms. The van der Waals surface area contributed by atoms with E-state index in [1.807, 2.05) is 105 Å². The number of amides is 5. The van der Waals surface area contributed by atoms with Crippen molar-refractivity contribution in [1.82, 2.24) is 30.7 Å². The summed E-state index contributed by atoms with van der Waals surface area (Å²) in [4.78, 5) is 75.7. The van der Waals surface area contributed by atoms with Crippen LogP contribution in [0.4, 0.5) is 0 Å². The van der Waals surface area contributed by atoms with Crippen LogP contribution in [-0.2, 0) is 32.0 Å². The van der Waals surface area contributed by atoms with Gasteiger partial charge in [0.05, 0.1) is 6.04 Å². The molecule has 1 fully saturated rings. The fraction of sp³-hybridized carbons (Fsp3) is 0.444. The van der Waals surface area contributed by atoms with Crippen LogP contribution in [0.25, 0.3) is 10.9 Å². The van der Waals surface area contributed by atoms with E-state index in [1.54, 1.807) is 16.8 Å². The Morgan fingerprint density at radius 2 is 1.30 bits per heavy atom. The molecule has 0 saturated carbocycles. The number of hydrogen-bond donors (Lipinski definition) is 6. The minimum atomic E-state index is -1.01. The zero-order valence-electron chi connectivity index (χ0n) is 34.8. The summed E-state index contributed by atoms with van der Waals surface area (Å²) in [5.41, 5.74) is 15.2. The van der Waals surface area contributed by atoms with Crippen LogP contribution >= 0.6 is 24.8 Å². The van der Waals surface area contributed by atoms with Crippen molar-refractivity contribution in [2.24, 2.45) is 17.4 Å². The standard InChI is InChI=1S/C45H60N8O5.2ClH/c1-30(2)26-38(51-43(56)39(28-32-16-8-5-9-17-32)50-41(54)35(47)27-31-14-6-4-7-15-31)42(55)49-37(20-12-13-23-46)45(58)53-24-21-34(22-25-53)52(3)44(57)40-29-33-18-10-11-19-36(33)48-40;;/h4-11,14-19,29-30,34-35,37-39,48H,12-13,20-28,46-47H2,1-3H3,(H,49,55)(H,50,54)(H,51,56);2*1H/t35-,37-,38-,39-;;/m1../s1. The van der Waals surface area contributed by atoms with Gasteiger partial charge in [0.15, 0.2) is 0 Å². The van der Waals surface area contributed by atoms with Crippen LogP contribution in [-0.4, -0.2) is 101 Å². The SMILES string of the molecule is CC(C)C[C@@H](NC(=O)[C@@H](Cc1ccccc1)NC(=O)[C@H](N)Cc1ccccc1)C(=O)N[C@H](CCCCN)C(=O)N1CCC(N(C)C(=O)c2cc3ccccc3[nH]2)CC1.Cl.Cl. The number of aromatic nitrogens is 1. The van der Waals surface area contributed by atoms with Crippen molar-refractivity contribution in [3.05, 3.63) is 108 Å². The third kappa shape index (κ3) is 14.1. The molecular weight excluding hydrogens is 803 g/mol. The van der Waals surface area contributed by atoms with Gasteiger partial charge >= 0.3 is 0 Å². The van der Waals surface area contributed by atoms with Gasteiger partial charge in [-0.1, -0.05) is 92.7 Å². The predicted molar refractivity (Wildman–Crippen MR) is 241 cm³/mol. The monoisotopic (exact) mass is 864 g/mol. The van der Waals surface area contributed by atoms with Gasteiger partial charge in [0, 0.05) is 43.5 Å². The predicted octanol–water partition coefficient (Wildman–Crippen LogP) is 4.52. The number of nitrogens with two attached hydrogens (primary N) is 2. The first-order valence-corrected chi connectivity index (χ1v) is 20.5. The van der Waals surface area contributed by atoms with Gasteiger partial charge in [-0.2, -0.15) is 0 Å². The first-order chi connectivity index (χ1) is 27.9. The Kier molecular flexibility index (Phi) is 20.0. The molecule has 13 nitrogen and oxygen atoms in total. The molecule has 0 aliphatic carbocycles. The van der Waals surface area contributed by atoms with Crippen molar-refractivity contribution in [3.8, 4) is 0 Å². The topological polar surface area (TPSA) is 196 Å². The molecule has 5 amide bonds. The molecule has 4 atom stereocenters. The van der Waals surface area contributed by atoms with Crippen LogP contribution in [0, 0.1) is 5.92 Å². The van der Waals surface area contributed by atoms with E-state index in [0.717, 1.165) is 22.0 Å². The lowest BCUT2D eigenvalue weighted by Gasteiger charge is -2.38. The average molecular weight is 866 g/mol. The maximum Gasteiger partial charge on any atom is 0.270 e. The van der Waals surface area contributed by atoms with Crippen molar-refractivity contribution < 1.29 is 24.0 Å². The van der Waals surface area contributed by atoms with Crippen LogP contribution in [0.3, 0.4) is 0 Å². The lowest BCUT2D eigenvalue weighted by molar-refractivity contribution is -0.139. The van der Waals surface area contributed by atoms with E-state index < -0.39 is 41.9 Å². The highest BCUT2D eigenvalue weighted by Crippen LogP contribution is 2.22. The van der Waals surface area contributed by atoms with Crippen molar-refractivity contribution >= 4 is 65.3 Å². The molecule has 1 saturated heterocycles. The van der Waals surface area contributed by atoms with E-state index in [4.69, 9.17) is 11.5 Å². The van der Waals surface area contributed by atoms with E-state index in [-0.39, 0.29) is 55.0 Å². The van der Waals surface area contributed by atoms with Gasteiger partial charge < -0.3 is 42.2 Å². The molecule has 8 N–H and O–H groups in total. The second-order valence-corrected chi connectivity index (χ2v) is 15.8. The van der Waals surface area contributed by atoms with Crippen molar-refractivity contribution in [2.45, 2.75) is 95.4 Å². The smallest absolute Gasteiger partial charge is 0.270 e. The largest absolute Gasteiger partial charge is 0.351 e. The molecule has 15 heteroatoms. The molecule has 5 rings (SSSR count). The van der Waals surface area contributed by atoms with Crippen molar-refractivity contribution in [1.29, 1.82) is 0 Å². The summed E-state index contributed by atoms with van der Waals surface area (Å²) in [6.07, 6.45) is 3.66. The van der Waals surface area contributed by atoms with Crippen LogP contribution in [0.2, 0.25) is 0 Å². The molecular formula is C45H62Cl2N8O5. The average Bonchev–Trinajstić information content (AvgIpc) is 3.67. The number of H-pyrrole nitrogens is 1. The number of benzene rings is 3. The van der Waals surface area contributed by atoms with Gasteiger partial charge in [0.2, 0.25) is 23.6 Å². The van der Waals surface area contributed by atoms with E-state index >= 15 is 0 Å². The number of carbonyl (C=O) groups is 5. The fourth-order valence-electron chi connectivity index (χ4n) is 7.53.